The lowest BCUT2D eigenvalue weighted by molar-refractivity contribution is -0.128. The zero-order valence-electron chi connectivity index (χ0n) is 19.7. The normalized spacial score (nSPS) is 25.8. The largest absolute Gasteiger partial charge is 0.457 e. The number of rotatable bonds is 5. The number of fused-ring (bicyclic) bond motifs is 5. The Labute approximate surface area is 205 Å². The molecule has 7 heteroatoms. The van der Waals surface area contributed by atoms with Crippen LogP contribution in [0.2, 0.25) is 0 Å². The number of para-hydroxylation sites is 1. The average molecular weight is 471 g/mol. The maximum atomic E-state index is 12.7. The van der Waals surface area contributed by atoms with Crippen LogP contribution in [0.5, 0.6) is 11.5 Å². The first-order chi connectivity index (χ1) is 17.0. The van der Waals surface area contributed by atoms with Crippen molar-refractivity contribution < 1.29 is 14.3 Å². The maximum Gasteiger partial charge on any atom is 0.245 e. The van der Waals surface area contributed by atoms with Gasteiger partial charge in [-0.25, -0.2) is 0 Å². The van der Waals surface area contributed by atoms with Gasteiger partial charge >= 0.3 is 0 Å². The van der Waals surface area contributed by atoms with Crippen molar-refractivity contribution in [2.24, 2.45) is 33.5 Å². The van der Waals surface area contributed by atoms with Gasteiger partial charge < -0.3 is 15.4 Å². The number of benzene rings is 2. The summed E-state index contributed by atoms with van der Waals surface area (Å²) in [5.74, 6) is 0.850. The van der Waals surface area contributed by atoms with Crippen LogP contribution in [-0.2, 0) is 9.59 Å². The molecule has 0 radical (unpaired) electrons. The number of primary amides is 1. The third-order valence-electron chi connectivity index (χ3n) is 7.32. The van der Waals surface area contributed by atoms with Gasteiger partial charge in [0.1, 0.15) is 17.4 Å². The van der Waals surface area contributed by atoms with Crippen molar-refractivity contribution in [1.82, 2.24) is 4.90 Å². The summed E-state index contributed by atoms with van der Waals surface area (Å²) in [7, 11) is 0. The number of likely N-dealkylation sites (tertiary alicyclic amines) is 1. The van der Waals surface area contributed by atoms with E-state index in [0.29, 0.717) is 43.4 Å². The molecule has 0 spiro atoms. The molecule has 180 valence electrons. The summed E-state index contributed by atoms with van der Waals surface area (Å²) >= 11 is 0. The van der Waals surface area contributed by atoms with Crippen molar-refractivity contribution >= 4 is 23.2 Å². The van der Waals surface area contributed by atoms with Gasteiger partial charge in [0.15, 0.2) is 0 Å². The molecular formula is C28H30N4O3. The Morgan fingerprint density at radius 2 is 1.80 bits per heavy atom. The minimum atomic E-state index is -0.646. The highest BCUT2D eigenvalue weighted by atomic mass is 16.5. The number of piperidine rings is 1. The van der Waals surface area contributed by atoms with E-state index in [1.54, 1.807) is 0 Å². The minimum Gasteiger partial charge on any atom is -0.457 e. The van der Waals surface area contributed by atoms with Gasteiger partial charge in [0, 0.05) is 31.3 Å². The molecule has 1 saturated heterocycles. The molecular weight excluding hydrogens is 440 g/mol. The Morgan fingerprint density at radius 3 is 2.51 bits per heavy atom. The van der Waals surface area contributed by atoms with Crippen LogP contribution >= 0.6 is 0 Å². The van der Waals surface area contributed by atoms with E-state index in [0.717, 1.165) is 29.9 Å². The molecule has 2 bridgehead atoms. The summed E-state index contributed by atoms with van der Waals surface area (Å²) in [5, 5.41) is 0. The molecule has 4 atom stereocenters. The Kier molecular flexibility index (Phi) is 6.49. The second kappa shape index (κ2) is 9.86. The van der Waals surface area contributed by atoms with E-state index in [4.69, 9.17) is 20.5 Å². The molecule has 2 amide bonds. The van der Waals surface area contributed by atoms with E-state index < -0.39 is 11.8 Å². The fourth-order valence-corrected chi connectivity index (χ4v) is 5.57. The molecule has 2 aromatic rings. The quantitative estimate of drug-likeness (QED) is 0.676. The maximum absolute atomic E-state index is 12.7. The molecule has 4 unspecified atom stereocenters. The lowest BCUT2D eigenvalue weighted by atomic mass is 9.77. The number of nitrogens with two attached hydrogens (primary N) is 1. The second-order valence-electron chi connectivity index (χ2n) is 9.43. The average Bonchev–Trinajstić information content (AvgIpc) is 3.03. The van der Waals surface area contributed by atoms with Gasteiger partial charge in [-0.05, 0) is 73.2 Å². The summed E-state index contributed by atoms with van der Waals surface area (Å²) < 4.78 is 5.93. The Bertz CT molecular complexity index is 1170. The standard InChI is InChI=1S/C28H30N4O3/c1-2-25(33)32-15-14-22-19(17-32)16-30-24-13-12-23(22)31-27(26(24)28(29)34)18-8-10-21(11-9-18)35-20-6-4-3-5-7-20/h2-11,19,22-23,26H,1,12-17H2,(H2,29,34). The zero-order valence-corrected chi connectivity index (χ0v) is 19.7. The highest BCUT2D eigenvalue weighted by Crippen LogP contribution is 2.36. The first kappa shape index (κ1) is 23.0. The number of ether oxygens (including phenoxy) is 1. The summed E-state index contributed by atoms with van der Waals surface area (Å²) in [6, 6.07) is 17.3. The number of amides is 2. The number of aliphatic imine (C=N–C) groups is 2. The van der Waals surface area contributed by atoms with E-state index in [2.05, 4.69) is 6.58 Å². The third-order valence-corrected chi connectivity index (χ3v) is 7.32. The molecule has 0 aliphatic carbocycles. The van der Waals surface area contributed by atoms with Crippen LogP contribution in [-0.4, -0.2) is 53.8 Å². The lowest BCUT2D eigenvalue weighted by Crippen LogP contribution is -2.47. The molecule has 5 rings (SSSR count). The molecule has 0 saturated carbocycles. The van der Waals surface area contributed by atoms with Crippen molar-refractivity contribution in [2.45, 2.75) is 25.3 Å². The molecule has 2 aromatic carbocycles. The monoisotopic (exact) mass is 470 g/mol. The van der Waals surface area contributed by atoms with Crippen molar-refractivity contribution in [1.29, 1.82) is 0 Å². The number of hydrogen-bond donors (Lipinski definition) is 1. The zero-order chi connectivity index (χ0) is 24.4. The Balaban J connectivity index is 1.46. The topological polar surface area (TPSA) is 97.3 Å². The Morgan fingerprint density at radius 1 is 1.06 bits per heavy atom. The molecule has 3 aliphatic heterocycles. The Hall–Kier alpha value is -3.74. The van der Waals surface area contributed by atoms with E-state index >= 15 is 0 Å². The summed E-state index contributed by atoms with van der Waals surface area (Å²) in [6.07, 6.45) is 3.77. The molecule has 3 heterocycles. The van der Waals surface area contributed by atoms with Crippen LogP contribution in [0.3, 0.4) is 0 Å². The number of carbonyl (C=O) groups excluding carboxylic acids is 2. The van der Waals surface area contributed by atoms with Crippen molar-refractivity contribution in [3.05, 3.63) is 72.8 Å². The first-order valence-corrected chi connectivity index (χ1v) is 12.2. The van der Waals surface area contributed by atoms with Crippen LogP contribution in [0.1, 0.15) is 24.8 Å². The first-order valence-electron chi connectivity index (χ1n) is 12.2. The van der Waals surface area contributed by atoms with Gasteiger partial charge in [-0.1, -0.05) is 24.8 Å². The van der Waals surface area contributed by atoms with Gasteiger partial charge in [0.05, 0.1) is 11.8 Å². The smallest absolute Gasteiger partial charge is 0.245 e. The predicted octanol–water partition coefficient (Wildman–Crippen LogP) is 3.64. The lowest BCUT2D eigenvalue weighted by Gasteiger charge is -2.40. The predicted molar refractivity (Wildman–Crippen MR) is 136 cm³/mol. The number of carbonyl (C=O) groups is 2. The molecule has 2 N–H and O–H groups in total. The molecule has 0 aromatic heterocycles. The van der Waals surface area contributed by atoms with Gasteiger partial charge in [-0.3, -0.25) is 19.6 Å². The fourth-order valence-electron chi connectivity index (χ4n) is 5.57. The fraction of sp³-hybridized carbons (Fsp3) is 0.357. The molecule has 3 aliphatic rings. The van der Waals surface area contributed by atoms with E-state index in [1.165, 1.54) is 6.08 Å². The highest BCUT2D eigenvalue weighted by Gasteiger charge is 2.41. The van der Waals surface area contributed by atoms with Crippen LogP contribution < -0.4 is 10.5 Å². The van der Waals surface area contributed by atoms with Crippen LogP contribution in [0.4, 0.5) is 0 Å². The third kappa shape index (κ3) is 4.76. The van der Waals surface area contributed by atoms with Crippen LogP contribution in [0.15, 0.2) is 77.2 Å². The summed E-state index contributed by atoms with van der Waals surface area (Å²) in [4.78, 5) is 36.8. The molecule has 7 nitrogen and oxygen atoms in total. The van der Waals surface area contributed by atoms with E-state index in [1.807, 2.05) is 59.5 Å². The minimum absolute atomic E-state index is 0.0434. The number of nitrogens with zero attached hydrogens (tertiary/aromatic N) is 3. The second-order valence-corrected chi connectivity index (χ2v) is 9.43. The molecule has 35 heavy (non-hydrogen) atoms. The number of hydrogen-bond acceptors (Lipinski definition) is 5. The summed E-state index contributed by atoms with van der Waals surface area (Å²) in [5.41, 5.74) is 8.26. The van der Waals surface area contributed by atoms with Gasteiger partial charge in [-0.2, -0.15) is 0 Å². The van der Waals surface area contributed by atoms with Gasteiger partial charge in [-0.15, -0.1) is 0 Å². The van der Waals surface area contributed by atoms with Gasteiger partial charge in [0.25, 0.3) is 0 Å². The van der Waals surface area contributed by atoms with Crippen molar-refractivity contribution in [3.63, 3.8) is 0 Å². The van der Waals surface area contributed by atoms with E-state index in [-0.39, 0.29) is 17.9 Å². The highest BCUT2D eigenvalue weighted by molar-refractivity contribution is 6.27. The SMILES string of the molecule is C=CC(=O)N1CCC2C(CN=C3CCC2N=C(c2ccc(Oc4ccccc4)cc2)C3C(N)=O)C1. The van der Waals surface area contributed by atoms with Crippen LogP contribution in [0, 0.1) is 17.8 Å². The van der Waals surface area contributed by atoms with E-state index in [9.17, 15) is 9.59 Å². The van der Waals surface area contributed by atoms with Crippen molar-refractivity contribution in [2.75, 3.05) is 19.6 Å². The van der Waals surface area contributed by atoms with Gasteiger partial charge in [0.2, 0.25) is 11.8 Å². The summed E-state index contributed by atoms with van der Waals surface area (Å²) in [6.45, 7) is 5.53. The molecule has 1 fully saturated rings. The van der Waals surface area contributed by atoms with Crippen molar-refractivity contribution in [3.8, 4) is 11.5 Å². The van der Waals surface area contributed by atoms with Crippen LogP contribution in [0.25, 0.3) is 0 Å².